The van der Waals surface area contributed by atoms with Crippen molar-refractivity contribution in [3.05, 3.63) is 169 Å². The van der Waals surface area contributed by atoms with E-state index in [1.165, 1.54) is 22.3 Å². The zero-order valence-electron chi connectivity index (χ0n) is 22.2. The quantitative estimate of drug-likeness (QED) is 0.319. The summed E-state index contributed by atoms with van der Waals surface area (Å²) in [5.41, 5.74) is 5.95. The van der Waals surface area contributed by atoms with Gasteiger partial charge in [0.15, 0.2) is 0 Å². The van der Waals surface area contributed by atoms with Crippen LogP contribution in [0.15, 0.2) is 153 Å². The summed E-state index contributed by atoms with van der Waals surface area (Å²) in [7, 11) is 0. The molecule has 0 aliphatic heterocycles. The van der Waals surface area contributed by atoms with Crippen molar-refractivity contribution in [2.24, 2.45) is 0 Å². The molecule has 0 amide bonds. The third-order valence-electron chi connectivity index (χ3n) is 4.44. The molecular formula is C35H42. The molecule has 0 nitrogen and oxygen atoms in total. The Hall–Kier alpha value is -3.90. The van der Waals surface area contributed by atoms with Crippen molar-refractivity contribution >= 4 is 11.1 Å². The van der Waals surface area contributed by atoms with Gasteiger partial charge in [0.1, 0.15) is 0 Å². The molecule has 0 bridgehead atoms. The van der Waals surface area contributed by atoms with Crippen LogP contribution in [-0.4, -0.2) is 0 Å². The van der Waals surface area contributed by atoms with Gasteiger partial charge in [0.25, 0.3) is 0 Å². The zero-order chi connectivity index (χ0) is 26.2. The largest absolute Gasteiger partial charge is 0.0990 e. The van der Waals surface area contributed by atoms with Crippen molar-refractivity contribution in [2.45, 2.75) is 34.6 Å². The Balaban J connectivity index is 0.000000497. The molecular weight excluding hydrogens is 420 g/mol. The van der Waals surface area contributed by atoms with E-state index >= 15 is 0 Å². The van der Waals surface area contributed by atoms with Crippen LogP contribution in [0.2, 0.25) is 0 Å². The fraction of sp³-hybridized carbons (Fsp3) is 0.143. The normalized spacial score (nSPS) is 10.5. The smallest absolute Gasteiger partial charge is 0.0184 e. The second-order valence-electron chi connectivity index (χ2n) is 7.15. The lowest BCUT2D eigenvalue weighted by Gasteiger charge is -1.99. The Kier molecular flexibility index (Phi) is 19.5. The van der Waals surface area contributed by atoms with Crippen LogP contribution in [0.5, 0.6) is 0 Å². The van der Waals surface area contributed by atoms with E-state index in [1.807, 2.05) is 125 Å². The van der Waals surface area contributed by atoms with Gasteiger partial charge in [-0.1, -0.05) is 172 Å². The average Bonchev–Trinajstić information content (AvgIpc) is 2.92. The highest BCUT2D eigenvalue weighted by Gasteiger charge is 1.93. The lowest BCUT2D eigenvalue weighted by atomic mass is 10.1. The first kappa shape index (κ1) is 31.1. The van der Waals surface area contributed by atoms with Crippen LogP contribution in [0.25, 0.3) is 11.1 Å². The minimum atomic E-state index is 1.04. The number of allylic oxidation sites excluding steroid dienone is 10. The van der Waals surface area contributed by atoms with E-state index in [0.717, 1.165) is 5.57 Å². The van der Waals surface area contributed by atoms with Crippen molar-refractivity contribution in [3.63, 3.8) is 0 Å². The van der Waals surface area contributed by atoms with Crippen LogP contribution >= 0.6 is 0 Å². The van der Waals surface area contributed by atoms with Gasteiger partial charge in [-0.3, -0.25) is 0 Å². The monoisotopic (exact) mass is 462 g/mol. The molecule has 0 radical (unpaired) electrons. The van der Waals surface area contributed by atoms with Gasteiger partial charge in [-0.15, -0.1) is 0 Å². The van der Waals surface area contributed by atoms with E-state index in [9.17, 15) is 0 Å². The maximum atomic E-state index is 3.98. The van der Waals surface area contributed by atoms with E-state index < -0.39 is 0 Å². The number of aryl methyl sites for hydroxylation is 1. The SMILES string of the molecule is C=C(/C=C\C=C/C)c1ccccc1.C=C/C=C(\C=C/C)c1ccccc1.CC.Cc1ccccc1. The Labute approximate surface area is 215 Å². The van der Waals surface area contributed by atoms with Crippen molar-refractivity contribution in [2.75, 3.05) is 0 Å². The molecule has 0 unspecified atom stereocenters. The fourth-order valence-corrected chi connectivity index (χ4v) is 2.75. The minimum Gasteiger partial charge on any atom is -0.0990 e. The van der Waals surface area contributed by atoms with Crippen LogP contribution < -0.4 is 0 Å². The molecule has 3 aromatic carbocycles. The van der Waals surface area contributed by atoms with Gasteiger partial charge in [-0.25, -0.2) is 0 Å². The molecule has 0 fully saturated rings. The van der Waals surface area contributed by atoms with Crippen molar-refractivity contribution in [3.8, 4) is 0 Å². The zero-order valence-corrected chi connectivity index (χ0v) is 22.2. The number of hydrogen-bond acceptors (Lipinski definition) is 0. The van der Waals surface area contributed by atoms with Gasteiger partial charge >= 0.3 is 0 Å². The first-order valence-electron chi connectivity index (χ1n) is 12.2. The van der Waals surface area contributed by atoms with E-state index in [1.54, 1.807) is 0 Å². The van der Waals surface area contributed by atoms with Gasteiger partial charge in [-0.2, -0.15) is 0 Å². The lowest BCUT2D eigenvalue weighted by Crippen LogP contribution is -1.78. The van der Waals surface area contributed by atoms with E-state index in [0.29, 0.717) is 0 Å². The first-order valence-corrected chi connectivity index (χ1v) is 12.2. The Morgan fingerprint density at radius 1 is 0.629 bits per heavy atom. The summed E-state index contributed by atoms with van der Waals surface area (Å²) >= 11 is 0. The highest BCUT2D eigenvalue weighted by molar-refractivity contribution is 5.75. The molecule has 0 aliphatic carbocycles. The van der Waals surface area contributed by atoms with Crippen LogP contribution in [0, 0.1) is 6.92 Å². The third-order valence-corrected chi connectivity index (χ3v) is 4.44. The molecule has 0 spiro atoms. The molecule has 3 aromatic rings. The number of hydrogen-bond donors (Lipinski definition) is 0. The molecule has 0 N–H and O–H groups in total. The van der Waals surface area contributed by atoms with Crippen LogP contribution in [-0.2, 0) is 0 Å². The summed E-state index contributed by atoms with van der Waals surface area (Å²) in [6.07, 6.45) is 15.9. The number of benzene rings is 3. The first-order chi connectivity index (χ1) is 17.1. The van der Waals surface area contributed by atoms with Crippen molar-refractivity contribution in [1.29, 1.82) is 0 Å². The maximum absolute atomic E-state index is 3.98. The summed E-state index contributed by atoms with van der Waals surface area (Å²) in [6, 6.07) is 30.7. The van der Waals surface area contributed by atoms with Crippen LogP contribution in [0.1, 0.15) is 44.4 Å². The minimum absolute atomic E-state index is 1.04. The van der Waals surface area contributed by atoms with E-state index in [2.05, 4.69) is 62.6 Å². The molecule has 3 rings (SSSR count). The van der Waals surface area contributed by atoms with Crippen LogP contribution in [0.4, 0.5) is 0 Å². The second kappa shape index (κ2) is 21.9. The van der Waals surface area contributed by atoms with Crippen molar-refractivity contribution in [1.82, 2.24) is 0 Å². The summed E-state index contributed by atoms with van der Waals surface area (Å²) < 4.78 is 0. The van der Waals surface area contributed by atoms with Gasteiger partial charge in [0.2, 0.25) is 0 Å². The molecule has 0 saturated carbocycles. The highest BCUT2D eigenvalue weighted by atomic mass is 14.0. The standard InChI is InChI=1S/2C13H14.C7H8.C2H6/c1-3-4-6-9-12(2)13-10-7-5-8-11-13;1-3-8-12(9-4-2)13-10-6-5-7-11-13;1-7-5-3-2-4-6-7;1-2/h3-11H,2H2,1H3;3-11H,1H2,2H3;2-6H,1H3;1-2H3/b4-3-,9-6-;9-4-,12-8+;;. The second-order valence-corrected chi connectivity index (χ2v) is 7.15. The van der Waals surface area contributed by atoms with E-state index in [-0.39, 0.29) is 0 Å². The molecule has 0 aromatic heterocycles. The summed E-state index contributed by atoms with van der Waals surface area (Å²) in [4.78, 5) is 0. The maximum Gasteiger partial charge on any atom is -0.0184 e. The fourth-order valence-electron chi connectivity index (χ4n) is 2.75. The van der Waals surface area contributed by atoms with Gasteiger partial charge < -0.3 is 0 Å². The average molecular weight is 463 g/mol. The summed E-state index contributed by atoms with van der Waals surface area (Å²) in [5, 5.41) is 0. The molecule has 0 atom stereocenters. The van der Waals surface area contributed by atoms with Gasteiger partial charge in [0, 0.05) is 0 Å². The van der Waals surface area contributed by atoms with E-state index in [4.69, 9.17) is 0 Å². The molecule has 182 valence electrons. The Bertz CT molecular complexity index is 1030. The predicted octanol–water partition coefficient (Wildman–Crippen LogP) is 10.7. The molecule has 35 heavy (non-hydrogen) atoms. The Morgan fingerprint density at radius 3 is 1.51 bits per heavy atom. The molecule has 0 aliphatic rings. The Morgan fingerprint density at radius 2 is 1.11 bits per heavy atom. The van der Waals surface area contributed by atoms with Gasteiger partial charge in [0.05, 0.1) is 0 Å². The summed E-state index contributed by atoms with van der Waals surface area (Å²) in [5.74, 6) is 0. The molecule has 0 heterocycles. The lowest BCUT2D eigenvalue weighted by molar-refractivity contribution is 1.48. The van der Waals surface area contributed by atoms with Crippen molar-refractivity contribution < 1.29 is 0 Å². The highest BCUT2D eigenvalue weighted by Crippen LogP contribution is 2.15. The topological polar surface area (TPSA) is 0 Å². The number of rotatable bonds is 6. The van der Waals surface area contributed by atoms with Gasteiger partial charge in [-0.05, 0) is 43.0 Å². The summed E-state index contributed by atoms with van der Waals surface area (Å²) in [6.45, 7) is 17.8. The molecule has 0 heteroatoms. The molecule has 0 saturated heterocycles. The van der Waals surface area contributed by atoms with Crippen LogP contribution in [0.3, 0.4) is 0 Å². The third kappa shape index (κ3) is 15.5. The predicted molar refractivity (Wildman–Crippen MR) is 161 cm³/mol.